The van der Waals surface area contributed by atoms with Gasteiger partial charge in [-0.1, -0.05) is 12.1 Å². The lowest BCUT2D eigenvalue weighted by molar-refractivity contribution is 0.223. The van der Waals surface area contributed by atoms with Crippen LogP contribution in [0.3, 0.4) is 0 Å². The zero-order valence-corrected chi connectivity index (χ0v) is 18.1. The fourth-order valence-electron chi connectivity index (χ4n) is 2.28. The van der Waals surface area contributed by atoms with Crippen molar-refractivity contribution in [2.75, 3.05) is 20.2 Å². The molecule has 6 nitrogen and oxygen atoms in total. The highest BCUT2D eigenvalue weighted by atomic mass is 127. The summed E-state index contributed by atoms with van der Waals surface area (Å²) in [4.78, 5) is 8.42. The Kier molecular flexibility index (Phi) is 10.5. The number of nitrogens with zero attached hydrogens (tertiary/aromatic N) is 2. The Labute approximate surface area is 176 Å². The highest BCUT2D eigenvalue weighted by molar-refractivity contribution is 14.0. The van der Waals surface area contributed by atoms with Gasteiger partial charge in [0.2, 0.25) is 5.88 Å². The summed E-state index contributed by atoms with van der Waals surface area (Å²) in [5.74, 6) is 1.42. The van der Waals surface area contributed by atoms with Crippen LogP contribution in [0.25, 0.3) is 0 Å². The number of ether oxygens (including phenoxy) is 2. The van der Waals surface area contributed by atoms with Crippen LogP contribution in [0.5, 0.6) is 11.6 Å². The monoisotopic (exact) mass is 488 g/mol. The molecule has 8 heteroatoms. The van der Waals surface area contributed by atoms with Crippen LogP contribution in [0, 0.1) is 5.82 Å². The lowest BCUT2D eigenvalue weighted by Gasteiger charge is -2.18. The van der Waals surface area contributed by atoms with E-state index < -0.39 is 0 Å². The van der Waals surface area contributed by atoms with Crippen molar-refractivity contribution in [3.8, 4) is 11.6 Å². The molecule has 1 aromatic carbocycles. The second kappa shape index (κ2) is 12.3. The third-order valence-electron chi connectivity index (χ3n) is 3.49. The molecule has 0 aliphatic carbocycles. The van der Waals surface area contributed by atoms with Gasteiger partial charge in [-0.05, 0) is 32.0 Å². The maximum absolute atomic E-state index is 13.2. The van der Waals surface area contributed by atoms with Gasteiger partial charge in [0.05, 0.1) is 13.2 Å². The first-order chi connectivity index (χ1) is 12.6. The first kappa shape index (κ1) is 22.9. The molecule has 1 unspecified atom stereocenters. The summed E-state index contributed by atoms with van der Waals surface area (Å²) in [5, 5.41) is 6.40. The van der Waals surface area contributed by atoms with Crippen molar-refractivity contribution in [1.82, 2.24) is 15.6 Å². The van der Waals surface area contributed by atoms with Crippen LogP contribution < -0.4 is 20.1 Å². The second-order valence-electron chi connectivity index (χ2n) is 5.59. The Bertz CT molecular complexity index is 730. The van der Waals surface area contributed by atoms with Crippen LogP contribution in [-0.4, -0.2) is 37.2 Å². The van der Waals surface area contributed by atoms with E-state index in [-0.39, 0.29) is 35.9 Å². The molecule has 2 N–H and O–H groups in total. The van der Waals surface area contributed by atoms with Gasteiger partial charge in [0.1, 0.15) is 17.7 Å². The molecule has 0 aliphatic heterocycles. The molecule has 27 heavy (non-hydrogen) atoms. The summed E-state index contributed by atoms with van der Waals surface area (Å²) in [7, 11) is 1.69. The summed E-state index contributed by atoms with van der Waals surface area (Å²) in [6.07, 6.45) is 1.54. The number of hydrogen-bond acceptors (Lipinski definition) is 4. The number of guanidine groups is 1. The molecular weight excluding hydrogens is 462 g/mol. The van der Waals surface area contributed by atoms with E-state index in [9.17, 15) is 4.39 Å². The van der Waals surface area contributed by atoms with Crippen molar-refractivity contribution < 1.29 is 13.9 Å². The smallest absolute Gasteiger partial charge is 0.218 e. The minimum atomic E-state index is -0.318. The predicted octanol–water partition coefficient (Wildman–Crippen LogP) is 3.37. The van der Waals surface area contributed by atoms with Gasteiger partial charge in [-0.15, -0.1) is 24.0 Å². The molecule has 0 saturated heterocycles. The van der Waals surface area contributed by atoms with Gasteiger partial charge in [-0.2, -0.15) is 0 Å². The number of pyridine rings is 1. The van der Waals surface area contributed by atoms with Gasteiger partial charge in [-0.25, -0.2) is 9.37 Å². The number of halogens is 2. The zero-order chi connectivity index (χ0) is 18.8. The van der Waals surface area contributed by atoms with Crippen molar-refractivity contribution in [1.29, 1.82) is 0 Å². The molecule has 0 bridgehead atoms. The van der Waals surface area contributed by atoms with Gasteiger partial charge in [0.25, 0.3) is 0 Å². The van der Waals surface area contributed by atoms with Crippen LogP contribution >= 0.6 is 24.0 Å². The van der Waals surface area contributed by atoms with E-state index in [4.69, 9.17) is 9.47 Å². The highest BCUT2D eigenvalue weighted by Gasteiger charge is 2.08. The van der Waals surface area contributed by atoms with Crippen molar-refractivity contribution in [2.24, 2.45) is 4.99 Å². The van der Waals surface area contributed by atoms with Gasteiger partial charge in [0, 0.05) is 31.4 Å². The van der Waals surface area contributed by atoms with E-state index in [2.05, 4.69) is 20.6 Å². The molecule has 1 aromatic heterocycles. The molecule has 1 heterocycles. The van der Waals surface area contributed by atoms with Crippen LogP contribution in [0.15, 0.2) is 47.6 Å². The highest BCUT2D eigenvalue weighted by Crippen LogP contribution is 2.14. The third kappa shape index (κ3) is 7.98. The molecule has 0 radical (unpaired) electrons. The number of rotatable bonds is 8. The summed E-state index contributed by atoms with van der Waals surface area (Å²) < 4.78 is 24.4. The van der Waals surface area contributed by atoms with E-state index in [0.717, 1.165) is 5.56 Å². The minimum absolute atomic E-state index is 0. The molecule has 2 rings (SSSR count). The lowest BCUT2D eigenvalue weighted by atomic mass is 10.2. The van der Waals surface area contributed by atoms with Crippen LogP contribution in [0.1, 0.15) is 19.4 Å². The van der Waals surface area contributed by atoms with Crippen molar-refractivity contribution in [2.45, 2.75) is 26.5 Å². The Morgan fingerprint density at radius 3 is 2.78 bits per heavy atom. The van der Waals surface area contributed by atoms with E-state index in [1.54, 1.807) is 25.4 Å². The Balaban J connectivity index is 0.00000364. The number of aliphatic imine (C=N–C) groups is 1. The number of benzene rings is 1. The largest absolute Gasteiger partial charge is 0.489 e. The molecular formula is C19H26FIN4O2. The standard InChI is InChI=1S/C19H25FN4O2.HI/c1-4-25-18-15(7-6-10-22-18)13-24-19(21-3)23-12-14(2)26-17-9-5-8-16(20)11-17;/h5-11,14H,4,12-13H2,1-3H3,(H2,21,23,24);1H. The summed E-state index contributed by atoms with van der Waals surface area (Å²) in [5.41, 5.74) is 0.946. The molecule has 0 saturated carbocycles. The molecule has 0 fully saturated rings. The van der Waals surface area contributed by atoms with Crippen molar-refractivity contribution in [3.05, 3.63) is 54.0 Å². The lowest BCUT2D eigenvalue weighted by Crippen LogP contribution is -2.41. The summed E-state index contributed by atoms with van der Waals surface area (Å²) in [6, 6.07) is 9.91. The van der Waals surface area contributed by atoms with Gasteiger partial charge in [-0.3, -0.25) is 4.99 Å². The summed E-state index contributed by atoms with van der Waals surface area (Å²) >= 11 is 0. The van der Waals surface area contributed by atoms with Crippen LogP contribution in [0.4, 0.5) is 4.39 Å². The van der Waals surface area contributed by atoms with Crippen molar-refractivity contribution in [3.63, 3.8) is 0 Å². The molecule has 0 aliphatic rings. The summed E-state index contributed by atoms with van der Waals surface area (Å²) in [6.45, 7) is 5.43. The van der Waals surface area contributed by atoms with Crippen LogP contribution in [-0.2, 0) is 6.54 Å². The van der Waals surface area contributed by atoms with E-state index in [1.807, 2.05) is 26.0 Å². The number of hydrogen-bond donors (Lipinski definition) is 2. The zero-order valence-electron chi connectivity index (χ0n) is 15.7. The second-order valence-corrected chi connectivity index (χ2v) is 5.59. The Morgan fingerprint density at radius 1 is 1.26 bits per heavy atom. The first-order valence-corrected chi connectivity index (χ1v) is 8.55. The molecule has 2 aromatic rings. The normalized spacial score (nSPS) is 11.9. The molecule has 1 atom stereocenters. The maximum atomic E-state index is 13.2. The first-order valence-electron chi connectivity index (χ1n) is 8.55. The topological polar surface area (TPSA) is 67.8 Å². The van der Waals surface area contributed by atoms with Crippen molar-refractivity contribution >= 4 is 29.9 Å². The molecule has 148 valence electrons. The predicted molar refractivity (Wildman–Crippen MR) is 116 cm³/mol. The van der Waals surface area contributed by atoms with E-state index in [1.165, 1.54) is 12.1 Å². The average Bonchev–Trinajstić information content (AvgIpc) is 2.63. The van der Waals surface area contributed by atoms with E-state index >= 15 is 0 Å². The van der Waals surface area contributed by atoms with Gasteiger partial charge in [0.15, 0.2) is 5.96 Å². The fourth-order valence-corrected chi connectivity index (χ4v) is 2.28. The Morgan fingerprint density at radius 2 is 2.07 bits per heavy atom. The third-order valence-corrected chi connectivity index (χ3v) is 3.49. The maximum Gasteiger partial charge on any atom is 0.218 e. The number of aromatic nitrogens is 1. The quantitative estimate of drug-likeness (QED) is 0.339. The fraction of sp³-hybridized carbons (Fsp3) is 0.368. The average molecular weight is 488 g/mol. The van der Waals surface area contributed by atoms with Crippen LogP contribution in [0.2, 0.25) is 0 Å². The minimum Gasteiger partial charge on any atom is -0.489 e. The van der Waals surface area contributed by atoms with Gasteiger partial charge >= 0.3 is 0 Å². The SMILES string of the molecule is CCOc1ncccc1CNC(=NC)NCC(C)Oc1cccc(F)c1.I. The molecule has 0 spiro atoms. The number of nitrogens with one attached hydrogen (secondary N) is 2. The van der Waals surface area contributed by atoms with Gasteiger partial charge < -0.3 is 20.1 Å². The van der Waals surface area contributed by atoms with E-state index in [0.29, 0.717) is 37.3 Å². The molecule has 0 amide bonds. The Hall–Kier alpha value is -2.10.